The van der Waals surface area contributed by atoms with Gasteiger partial charge in [0.05, 0.1) is 0 Å². The van der Waals surface area contributed by atoms with E-state index in [4.69, 9.17) is 0 Å². The lowest BCUT2D eigenvalue weighted by molar-refractivity contribution is -0.516. The minimum atomic E-state index is -0.348. The summed E-state index contributed by atoms with van der Waals surface area (Å²) in [6.07, 6.45) is 5.62. The molecule has 1 radical (unpaired) electrons. The van der Waals surface area contributed by atoms with Crippen molar-refractivity contribution in [2.75, 3.05) is 0 Å². The fraction of sp³-hybridized carbons (Fsp3) is 0.833. The minimum Gasteiger partial charge on any atom is -0.264 e. The van der Waals surface area contributed by atoms with Gasteiger partial charge in [-0.25, -0.2) is 0 Å². The first-order valence-electron chi connectivity index (χ1n) is 3.27. The Labute approximate surface area is 54.2 Å². The van der Waals surface area contributed by atoms with Gasteiger partial charge in [0.25, 0.3) is 0 Å². The zero-order valence-corrected chi connectivity index (χ0v) is 5.25. The highest BCUT2D eigenvalue weighted by Gasteiger charge is 2.22. The maximum absolute atomic E-state index is 10.1. The van der Waals surface area contributed by atoms with E-state index >= 15 is 0 Å². The van der Waals surface area contributed by atoms with Crippen molar-refractivity contribution < 1.29 is 4.92 Å². The van der Waals surface area contributed by atoms with Crippen LogP contribution in [0.1, 0.15) is 25.7 Å². The zero-order valence-electron chi connectivity index (χ0n) is 5.25. The molecule has 0 spiro atoms. The van der Waals surface area contributed by atoms with Crippen molar-refractivity contribution in [2.24, 2.45) is 0 Å². The van der Waals surface area contributed by atoms with E-state index < -0.39 is 0 Å². The molecule has 0 aliphatic heterocycles. The van der Waals surface area contributed by atoms with Crippen LogP contribution in [-0.4, -0.2) is 11.0 Å². The van der Waals surface area contributed by atoms with E-state index in [1.807, 2.05) is 6.42 Å². The second-order valence-corrected chi connectivity index (χ2v) is 2.37. The van der Waals surface area contributed by atoms with Gasteiger partial charge < -0.3 is 0 Å². The Bertz CT molecular complexity index is 108. The largest absolute Gasteiger partial charge is 0.264 e. The Hall–Kier alpha value is -0.600. The molecular formula is C6H10NO2. The van der Waals surface area contributed by atoms with Crippen molar-refractivity contribution in [3.8, 4) is 0 Å². The molecule has 0 bridgehead atoms. The van der Waals surface area contributed by atoms with Crippen LogP contribution in [0, 0.1) is 16.5 Å². The van der Waals surface area contributed by atoms with Gasteiger partial charge >= 0.3 is 0 Å². The molecular weight excluding hydrogens is 118 g/mol. The summed E-state index contributed by atoms with van der Waals surface area (Å²) in [5, 5.41) is 10.1. The highest BCUT2D eigenvalue weighted by Crippen LogP contribution is 2.18. The highest BCUT2D eigenvalue weighted by atomic mass is 16.6. The third-order valence-electron chi connectivity index (χ3n) is 1.66. The maximum Gasteiger partial charge on any atom is 0.216 e. The predicted molar refractivity (Wildman–Crippen MR) is 33.6 cm³/mol. The maximum atomic E-state index is 10.1. The van der Waals surface area contributed by atoms with Gasteiger partial charge in [0.2, 0.25) is 6.04 Å². The first kappa shape index (κ1) is 6.52. The summed E-state index contributed by atoms with van der Waals surface area (Å²) < 4.78 is 0. The number of hydrogen-bond acceptors (Lipinski definition) is 2. The molecule has 0 N–H and O–H groups in total. The third-order valence-corrected chi connectivity index (χ3v) is 1.66. The van der Waals surface area contributed by atoms with Crippen molar-refractivity contribution in [2.45, 2.75) is 31.7 Å². The molecule has 1 unspecified atom stereocenters. The van der Waals surface area contributed by atoms with Gasteiger partial charge in [-0.05, 0) is 12.8 Å². The van der Waals surface area contributed by atoms with Crippen molar-refractivity contribution in [3.05, 3.63) is 16.5 Å². The van der Waals surface area contributed by atoms with Crippen LogP contribution in [0.3, 0.4) is 0 Å². The minimum absolute atomic E-state index is 0.195. The number of nitro groups is 1. The molecule has 0 heterocycles. The Morgan fingerprint density at radius 3 is 2.67 bits per heavy atom. The van der Waals surface area contributed by atoms with Crippen LogP contribution in [0.5, 0.6) is 0 Å². The molecule has 0 saturated heterocycles. The van der Waals surface area contributed by atoms with E-state index in [0.717, 1.165) is 25.7 Å². The van der Waals surface area contributed by atoms with Gasteiger partial charge in [-0.15, -0.1) is 0 Å². The lowest BCUT2D eigenvalue weighted by Gasteiger charge is -2.12. The van der Waals surface area contributed by atoms with E-state index in [1.165, 1.54) is 0 Å². The lowest BCUT2D eigenvalue weighted by Crippen LogP contribution is -2.22. The summed E-state index contributed by atoms with van der Waals surface area (Å²) in [7, 11) is 0. The van der Waals surface area contributed by atoms with Gasteiger partial charge in [0, 0.05) is 17.8 Å². The summed E-state index contributed by atoms with van der Waals surface area (Å²) in [5.74, 6) is 0. The molecule has 1 atom stereocenters. The first-order valence-corrected chi connectivity index (χ1v) is 3.27. The molecule has 3 heteroatoms. The average Bonchev–Trinajstić information content (AvgIpc) is 1.90. The van der Waals surface area contributed by atoms with E-state index in [9.17, 15) is 10.1 Å². The summed E-state index contributed by atoms with van der Waals surface area (Å²) >= 11 is 0. The van der Waals surface area contributed by atoms with E-state index in [2.05, 4.69) is 0 Å². The highest BCUT2D eigenvalue weighted by molar-refractivity contribution is 4.80. The smallest absolute Gasteiger partial charge is 0.216 e. The van der Waals surface area contributed by atoms with Crippen LogP contribution in [0.4, 0.5) is 0 Å². The van der Waals surface area contributed by atoms with Crippen molar-refractivity contribution >= 4 is 0 Å². The fourth-order valence-electron chi connectivity index (χ4n) is 1.12. The predicted octanol–water partition coefficient (Wildman–Crippen LogP) is 1.41. The molecule has 1 saturated carbocycles. The summed E-state index contributed by atoms with van der Waals surface area (Å²) in [4.78, 5) is 9.93. The van der Waals surface area contributed by atoms with Crippen LogP contribution >= 0.6 is 0 Å². The standard InChI is InChI=1S/C6H10NO2/c8-7(9)6-4-2-1-3-5-6/h4,6H,1-3,5H2. The quantitative estimate of drug-likeness (QED) is 0.396. The zero-order chi connectivity index (χ0) is 6.69. The molecule has 1 fully saturated rings. The van der Waals surface area contributed by atoms with Crippen LogP contribution in [0.15, 0.2) is 0 Å². The Morgan fingerprint density at radius 1 is 1.56 bits per heavy atom. The second-order valence-electron chi connectivity index (χ2n) is 2.37. The molecule has 0 aromatic heterocycles. The number of hydrogen-bond donors (Lipinski definition) is 0. The summed E-state index contributed by atoms with van der Waals surface area (Å²) in [6.45, 7) is 0. The van der Waals surface area contributed by atoms with Gasteiger partial charge in [-0.1, -0.05) is 6.42 Å². The first-order chi connectivity index (χ1) is 4.30. The van der Waals surface area contributed by atoms with Crippen LogP contribution in [0.2, 0.25) is 0 Å². The monoisotopic (exact) mass is 128 g/mol. The van der Waals surface area contributed by atoms with Crippen LogP contribution < -0.4 is 0 Å². The van der Waals surface area contributed by atoms with Gasteiger partial charge in [-0.3, -0.25) is 10.1 Å². The third kappa shape index (κ3) is 1.66. The van der Waals surface area contributed by atoms with Crippen molar-refractivity contribution in [3.63, 3.8) is 0 Å². The average molecular weight is 128 g/mol. The Morgan fingerprint density at radius 2 is 2.33 bits per heavy atom. The Balaban J connectivity index is 2.31. The lowest BCUT2D eigenvalue weighted by atomic mass is 9.96. The molecule has 1 aliphatic carbocycles. The van der Waals surface area contributed by atoms with E-state index in [1.54, 1.807) is 0 Å². The van der Waals surface area contributed by atoms with Gasteiger partial charge in [-0.2, -0.15) is 0 Å². The topological polar surface area (TPSA) is 43.1 Å². The molecule has 1 aliphatic rings. The SMILES string of the molecule is O=[N+]([O-])C1[CH]CCCC1. The molecule has 0 aromatic rings. The molecule has 0 amide bonds. The molecule has 0 aromatic carbocycles. The van der Waals surface area contributed by atoms with Gasteiger partial charge in [0.15, 0.2) is 0 Å². The fourth-order valence-corrected chi connectivity index (χ4v) is 1.12. The second kappa shape index (κ2) is 2.80. The summed E-state index contributed by atoms with van der Waals surface area (Å²) in [5.41, 5.74) is 0. The van der Waals surface area contributed by atoms with E-state index in [0.29, 0.717) is 0 Å². The normalized spacial score (nSPS) is 21.8. The molecule has 51 valence electrons. The molecule has 1 rings (SSSR count). The van der Waals surface area contributed by atoms with Gasteiger partial charge in [0.1, 0.15) is 0 Å². The summed E-state index contributed by atoms with van der Waals surface area (Å²) in [6, 6.07) is -0.348. The molecule has 9 heavy (non-hydrogen) atoms. The van der Waals surface area contributed by atoms with Crippen LogP contribution in [-0.2, 0) is 0 Å². The number of nitrogens with zero attached hydrogens (tertiary/aromatic N) is 1. The molecule has 3 nitrogen and oxygen atoms in total. The van der Waals surface area contributed by atoms with Crippen molar-refractivity contribution in [1.29, 1.82) is 0 Å². The van der Waals surface area contributed by atoms with Crippen molar-refractivity contribution in [1.82, 2.24) is 0 Å². The van der Waals surface area contributed by atoms with Crippen LogP contribution in [0.25, 0.3) is 0 Å². The Kier molecular flexibility index (Phi) is 2.03. The van der Waals surface area contributed by atoms with E-state index in [-0.39, 0.29) is 11.0 Å². The number of rotatable bonds is 1.